The number of carbonyl (C=O) groups excluding carboxylic acids is 1. The van der Waals surface area contributed by atoms with E-state index >= 15 is 0 Å². The molecule has 6 heteroatoms. The fourth-order valence-electron chi connectivity index (χ4n) is 2.21. The summed E-state index contributed by atoms with van der Waals surface area (Å²) in [4.78, 5) is 12.6. The second-order valence-electron chi connectivity index (χ2n) is 5.35. The van der Waals surface area contributed by atoms with Crippen LogP contribution in [-0.2, 0) is 15.6 Å². The van der Waals surface area contributed by atoms with Gasteiger partial charge in [-0.15, -0.1) is 0 Å². The molecule has 3 N–H and O–H groups in total. The summed E-state index contributed by atoms with van der Waals surface area (Å²) in [7, 11) is -1.04. The molecule has 0 aliphatic heterocycles. The largest absolute Gasteiger partial charge is 0.352 e. The number of carbonyl (C=O) groups is 1. The van der Waals surface area contributed by atoms with Crippen molar-refractivity contribution in [2.75, 3.05) is 12.3 Å². The number of amides is 1. The van der Waals surface area contributed by atoms with Gasteiger partial charge in [0.25, 0.3) is 0 Å². The van der Waals surface area contributed by atoms with Crippen molar-refractivity contribution in [2.24, 2.45) is 11.7 Å². The van der Waals surface area contributed by atoms with Crippen LogP contribution >= 0.6 is 15.9 Å². The molecule has 0 heterocycles. The first-order valence-corrected chi connectivity index (χ1v) is 9.34. The zero-order valence-electron chi connectivity index (χ0n) is 11.9. The van der Waals surface area contributed by atoms with Gasteiger partial charge in [0.2, 0.25) is 5.91 Å². The molecule has 21 heavy (non-hydrogen) atoms. The van der Waals surface area contributed by atoms with E-state index in [1.165, 1.54) is 0 Å². The lowest BCUT2D eigenvalue weighted by atomic mass is 10.2. The Morgan fingerprint density at radius 1 is 1.38 bits per heavy atom. The minimum Gasteiger partial charge on any atom is -0.352 e. The fraction of sp³-hybridized carbons (Fsp3) is 0.533. The number of halogens is 1. The van der Waals surface area contributed by atoms with Crippen molar-refractivity contribution in [1.29, 1.82) is 0 Å². The standard InChI is InChI=1S/C15H21BrN2O2S/c16-12-5-7-13(8-6-12)21(20)9-1-2-15(19)18-14(10-17)11-3-4-11/h5-8,11,14H,1-4,9-10,17H2,(H,18,19). The predicted molar refractivity (Wildman–Crippen MR) is 88.4 cm³/mol. The lowest BCUT2D eigenvalue weighted by Crippen LogP contribution is -2.41. The maximum atomic E-state index is 12.1. The van der Waals surface area contributed by atoms with Gasteiger partial charge in [-0.3, -0.25) is 9.00 Å². The van der Waals surface area contributed by atoms with Crippen LogP contribution in [0.1, 0.15) is 25.7 Å². The van der Waals surface area contributed by atoms with E-state index in [0.29, 0.717) is 31.1 Å². The molecular weight excluding hydrogens is 352 g/mol. The van der Waals surface area contributed by atoms with E-state index in [0.717, 1.165) is 22.2 Å². The van der Waals surface area contributed by atoms with Crippen molar-refractivity contribution < 1.29 is 9.00 Å². The Balaban J connectivity index is 1.69. The van der Waals surface area contributed by atoms with Crippen LogP contribution in [0.4, 0.5) is 0 Å². The van der Waals surface area contributed by atoms with Crippen LogP contribution in [0, 0.1) is 5.92 Å². The quantitative estimate of drug-likeness (QED) is 0.734. The monoisotopic (exact) mass is 372 g/mol. The van der Waals surface area contributed by atoms with Gasteiger partial charge in [0, 0.05) is 34.1 Å². The lowest BCUT2D eigenvalue weighted by Gasteiger charge is -2.15. The molecule has 1 amide bonds. The predicted octanol–water partition coefficient (Wildman–Crippen LogP) is 2.19. The second-order valence-corrected chi connectivity index (χ2v) is 7.84. The average Bonchev–Trinajstić information content (AvgIpc) is 3.30. The maximum absolute atomic E-state index is 12.1. The van der Waals surface area contributed by atoms with Crippen molar-refractivity contribution in [3.05, 3.63) is 28.7 Å². The van der Waals surface area contributed by atoms with Crippen molar-refractivity contribution in [3.63, 3.8) is 0 Å². The van der Waals surface area contributed by atoms with Gasteiger partial charge in [0.1, 0.15) is 0 Å². The Hall–Kier alpha value is -0.720. The summed E-state index contributed by atoms with van der Waals surface area (Å²) in [5.74, 6) is 1.09. The fourth-order valence-corrected chi connectivity index (χ4v) is 3.56. The molecule has 2 atom stereocenters. The van der Waals surface area contributed by atoms with Gasteiger partial charge in [-0.1, -0.05) is 15.9 Å². The molecule has 4 nitrogen and oxygen atoms in total. The molecule has 0 bridgehead atoms. The van der Waals surface area contributed by atoms with Crippen LogP contribution in [-0.4, -0.2) is 28.5 Å². The average molecular weight is 373 g/mol. The van der Waals surface area contributed by atoms with Crippen molar-refractivity contribution >= 4 is 32.6 Å². The van der Waals surface area contributed by atoms with Crippen molar-refractivity contribution in [1.82, 2.24) is 5.32 Å². The highest BCUT2D eigenvalue weighted by molar-refractivity contribution is 9.10. The molecular formula is C15H21BrN2O2S. The Morgan fingerprint density at radius 2 is 2.05 bits per heavy atom. The van der Waals surface area contributed by atoms with Gasteiger partial charge in [0.15, 0.2) is 0 Å². The minimum absolute atomic E-state index is 0.0187. The molecule has 1 saturated carbocycles. The Labute approximate surface area is 136 Å². The highest BCUT2D eigenvalue weighted by Crippen LogP contribution is 2.32. The summed E-state index contributed by atoms with van der Waals surface area (Å²) >= 11 is 3.35. The summed E-state index contributed by atoms with van der Waals surface area (Å²) in [5, 5.41) is 2.98. The third-order valence-corrected chi connectivity index (χ3v) is 5.59. The Kier molecular flexibility index (Phi) is 6.39. The highest BCUT2D eigenvalue weighted by Gasteiger charge is 2.30. The molecule has 0 saturated heterocycles. The smallest absolute Gasteiger partial charge is 0.220 e. The number of rotatable bonds is 8. The maximum Gasteiger partial charge on any atom is 0.220 e. The molecule has 1 fully saturated rings. The SMILES string of the molecule is NCC(NC(=O)CCCS(=O)c1ccc(Br)cc1)C1CC1. The number of benzene rings is 1. The van der Waals surface area contributed by atoms with Gasteiger partial charge < -0.3 is 11.1 Å². The van der Waals surface area contributed by atoms with Crippen LogP contribution in [0.3, 0.4) is 0 Å². The lowest BCUT2D eigenvalue weighted by molar-refractivity contribution is -0.121. The van der Waals surface area contributed by atoms with E-state index in [1.54, 1.807) is 0 Å². The molecule has 1 aromatic rings. The van der Waals surface area contributed by atoms with E-state index in [1.807, 2.05) is 24.3 Å². The highest BCUT2D eigenvalue weighted by atomic mass is 79.9. The summed E-state index contributed by atoms with van der Waals surface area (Å²) in [6, 6.07) is 7.56. The van der Waals surface area contributed by atoms with Crippen LogP contribution in [0.5, 0.6) is 0 Å². The first-order chi connectivity index (χ1) is 10.1. The zero-order chi connectivity index (χ0) is 15.2. The van der Waals surface area contributed by atoms with E-state index in [2.05, 4.69) is 21.2 Å². The summed E-state index contributed by atoms with van der Waals surface area (Å²) in [6.45, 7) is 0.501. The third-order valence-electron chi connectivity index (χ3n) is 3.60. The first-order valence-electron chi connectivity index (χ1n) is 7.23. The second kappa shape index (κ2) is 8.06. The molecule has 0 aromatic heterocycles. The molecule has 0 spiro atoms. The van der Waals surface area contributed by atoms with Crippen molar-refractivity contribution in [3.8, 4) is 0 Å². The molecule has 2 unspecified atom stereocenters. The third kappa shape index (κ3) is 5.52. The summed E-state index contributed by atoms with van der Waals surface area (Å²) in [5.41, 5.74) is 5.66. The molecule has 1 aliphatic carbocycles. The van der Waals surface area contributed by atoms with Crippen molar-refractivity contribution in [2.45, 2.75) is 36.6 Å². The van der Waals surface area contributed by atoms with Crippen LogP contribution in [0.2, 0.25) is 0 Å². The summed E-state index contributed by atoms with van der Waals surface area (Å²) < 4.78 is 13.0. The number of hydrogen-bond acceptors (Lipinski definition) is 3. The van der Waals surface area contributed by atoms with Gasteiger partial charge >= 0.3 is 0 Å². The summed E-state index contributed by atoms with van der Waals surface area (Å²) in [6.07, 6.45) is 3.35. The van der Waals surface area contributed by atoms with Gasteiger partial charge in [-0.25, -0.2) is 0 Å². The number of hydrogen-bond donors (Lipinski definition) is 2. The Bertz CT molecular complexity index is 503. The van der Waals surface area contributed by atoms with Gasteiger partial charge in [0.05, 0.1) is 10.8 Å². The van der Waals surface area contributed by atoms with Crippen LogP contribution in [0.25, 0.3) is 0 Å². The Morgan fingerprint density at radius 3 is 2.62 bits per heavy atom. The van der Waals surface area contributed by atoms with Crippen LogP contribution < -0.4 is 11.1 Å². The van der Waals surface area contributed by atoms with E-state index in [9.17, 15) is 9.00 Å². The molecule has 1 aromatic carbocycles. The number of nitrogens with one attached hydrogen (secondary N) is 1. The van der Waals surface area contributed by atoms with E-state index < -0.39 is 10.8 Å². The topological polar surface area (TPSA) is 72.2 Å². The van der Waals surface area contributed by atoms with E-state index in [4.69, 9.17) is 5.73 Å². The molecule has 0 radical (unpaired) electrons. The minimum atomic E-state index is -1.04. The van der Waals surface area contributed by atoms with Gasteiger partial charge in [-0.05, 0) is 49.4 Å². The number of nitrogens with two attached hydrogens (primary N) is 1. The normalized spacial score (nSPS) is 17.2. The van der Waals surface area contributed by atoms with Gasteiger partial charge in [-0.2, -0.15) is 0 Å². The zero-order valence-corrected chi connectivity index (χ0v) is 14.3. The van der Waals surface area contributed by atoms with Crippen LogP contribution in [0.15, 0.2) is 33.6 Å². The molecule has 2 rings (SSSR count). The first kappa shape index (κ1) is 16.6. The molecule has 116 valence electrons. The van der Waals surface area contributed by atoms with E-state index in [-0.39, 0.29) is 11.9 Å². The molecule has 1 aliphatic rings.